The van der Waals surface area contributed by atoms with Crippen LogP contribution in [0.25, 0.3) is 0 Å². The van der Waals surface area contributed by atoms with Crippen molar-refractivity contribution in [2.75, 3.05) is 11.6 Å². The summed E-state index contributed by atoms with van der Waals surface area (Å²) in [6, 6.07) is 0. The first kappa shape index (κ1) is 9.71. The number of nitrogens with zero attached hydrogens (tertiary/aromatic N) is 1. The molecule has 0 spiro atoms. The average molecular weight is 188 g/mol. The maximum atomic E-state index is 11.3. The van der Waals surface area contributed by atoms with Crippen LogP contribution in [0.15, 0.2) is 0 Å². The Bertz CT molecular complexity index is 170. The highest BCUT2D eigenvalue weighted by atomic mass is 32.2. The Balaban J connectivity index is 2.37. The predicted octanol–water partition coefficient (Wildman–Crippen LogP) is 2.09. The molecule has 69 valence electrons. The van der Waals surface area contributed by atoms with E-state index in [1.807, 2.05) is 27.3 Å². The van der Waals surface area contributed by atoms with Crippen LogP contribution in [0.2, 0.25) is 0 Å². The Hall–Kier alpha value is -0.380. The van der Waals surface area contributed by atoms with Gasteiger partial charge in [-0.1, -0.05) is 0 Å². The van der Waals surface area contributed by atoms with Crippen molar-refractivity contribution in [2.24, 2.45) is 0 Å². The van der Waals surface area contributed by atoms with Crippen molar-refractivity contribution in [3.63, 3.8) is 0 Å². The van der Waals surface area contributed by atoms with E-state index in [0.29, 0.717) is 0 Å². The monoisotopic (exact) mass is 188 g/mol. The van der Waals surface area contributed by atoms with Crippen LogP contribution in [0.5, 0.6) is 0 Å². The van der Waals surface area contributed by atoms with Gasteiger partial charge >= 0.3 is 6.09 Å². The molecule has 1 radical (unpaired) electrons. The fourth-order valence-corrected chi connectivity index (χ4v) is 1.59. The van der Waals surface area contributed by atoms with Gasteiger partial charge in [-0.3, -0.25) is 4.90 Å². The molecule has 1 aliphatic heterocycles. The molecule has 0 saturated carbocycles. The quantitative estimate of drug-likeness (QED) is 0.583. The molecule has 0 aromatic heterocycles. The molecule has 0 atom stereocenters. The Morgan fingerprint density at radius 2 is 2.25 bits per heavy atom. The van der Waals surface area contributed by atoms with Crippen LogP contribution < -0.4 is 0 Å². The van der Waals surface area contributed by atoms with Crippen LogP contribution in [0.1, 0.15) is 20.8 Å². The summed E-state index contributed by atoms with van der Waals surface area (Å²) in [5.41, 5.74) is -0.391. The van der Waals surface area contributed by atoms with Crippen molar-refractivity contribution in [3.8, 4) is 0 Å². The first-order valence-electron chi connectivity index (χ1n) is 3.90. The molecule has 0 bridgehead atoms. The van der Waals surface area contributed by atoms with Gasteiger partial charge in [0, 0.05) is 5.75 Å². The van der Waals surface area contributed by atoms with Crippen molar-refractivity contribution >= 4 is 17.9 Å². The van der Waals surface area contributed by atoms with Gasteiger partial charge < -0.3 is 4.74 Å². The molecule has 1 aliphatic rings. The van der Waals surface area contributed by atoms with E-state index in [1.165, 1.54) is 0 Å². The Morgan fingerprint density at radius 1 is 1.58 bits per heavy atom. The van der Waals surface area contributed by atoms with E-state index in [-0.39, 0.29) is 6.09 Å². The normalized spacial score (nSPS) is 18.1. The van der Waals surface area contributed by atoms with E-state index < -0.39 is 5.60 Å². The first-order chi connectivity index (χ1) is 5.49. The van der Waals surface area contributed by atoms with Gasteiger partial charge in [-0.15, -0.1) is 11.8 Å². The second kappa shape index (κ2) is 3.56. The molecule has 1 heterocycles. The summed E-state index contributed by atoms with van der Waals surface area (Å²) in [7, 11) is 0. The van der Waals surface area contributed by atoms with E-state index in [0.717, 1.165) is 11.6 Å². The van der Waals surface area contributed by atoms with E-state index in [9.17, 15) is 4.79 Å². The maximum Gasteiger partial charge on any atom is 0.411 e. The number of carbonyl (C=O) groups is 1. The summed E-state index contributed by atoms with van der Waals surface area (Å²) in [6.45, 7) is 7.47. The molecule has 3 nitrogen and oxygen atoms in total. The smallest absolute Gasteiger partial charge is 0.411 e. The van der Waals surface area contributed by atoms with Crippen LogP contribution in [-0.2, 0) is 4.74 Å². The summed E-state index contributed by atoms with van der Waals surface area (Å²) in [4.78, 5) is 12.9. The van der Waals surface area contributed by atoms with Gasteiger partial charge in [0.25, 0.3) is 0 Å². The van der Waals surface area contributed by atoms with E-state index in [2.05, 4.69) is 0 Å². The van der Waals surface area contributed by atoms with E-state index >= 15 is 0 Å². The summed E-state index contributed by atoms with van der Waals surface area (Å²) in [5, 5.41) is 0. The standard InChI is InChI=1S/C8H14NO2S/c1-8(2,3)11-7(10)9-4-5-12-6-9/h4H,5-6H2,1-3H3. The number of thioether (sulfide) groups is 1. The lowest BCUT2D eigenvalue weighted by Crippen LogP contribution is -2.33. The van der Waals surface area contributed by atoms with Gasteiger partial charge in [-0.05, 0) is 20.8 Å². The Kier molecular flexibility index (Phi) is 2.88. The number of rotatable bonds is 0. The zero-order chi connectivity index (χ0) is 9.19. The van der Waals surface area contributed by atoms with Gasteiger partial charge in [0.05, 0.1) is 12.4 Å². The SMILES string of the molecule is CC(C)(C)OC(=O)N1[CH]CSC1. The third-order valence-corrected chi connectivity index (χ3v) is 2.12. The molecule has 0 unspecified atom stereocenters. The predicted molar refractivity (Wildman–Crippen MR) is 49.7 cm³/mol. The second-order valence-electron chi connectivity index (χ2n) is 3.63. The maximum absolute atomic E-state index is 11.3. The molecule has 1 saturated heterocycles. The van der Waals surface area contributed by atoms with Crippen LogP contribution in [-0.4, -0.2) is 28.2 Å². The third-order valence-electron chi connectivity index (χ3n) is 1.27. The van der Waals surface area contributed by atoms with Crippen LogP contribution >= 0.6 is 11.8 Å². The highest BCUT2D eigenvalue weighted by molar-refractivity contribution is 7.99. The zero-order valence-electron chi connectivity index (χ0n) is 7.66. The molecule has 4 heteroatoms. The first-order valence-corrected chi connectivity index (χ1v) is 5.05. The van der Waals surface area contributed by atoms with Crippen molar-refractivity contribution in [3.05, 3.63) is 6.54 Å². The third kappa shape index (κ3) is 2.93. The lowest BCUT2D eigenvalue weighted by atomic mass is 10.2. The summed E-state index contributed by atoms with van der Waals surface area (Å²) >= 11 is 1.71. The largest absolute Gasteiger partial charge is 0.444 e. The number of ether oxygens (including phenoxy) is 1. The number of hydrogen-bond donors (Lipinski definition) is 0. The minimum atomic E-state index is -0.391. The fourth-order valence-electron chi connectivity index (χ4n) is 0.794. The Labute approximate surface area is 77.4 Å². The van der Waals surface area contributed by atoms with Crippen molar-refractivity contribution < 1.29 is 9.53 Å². The highest BCUT2D eigenvalue weighted by Crippen LogP contribution is 2.19. The average Bonchev–Trinajstić information content (AvgIpc) is 2.32. The Morgan fingerprint density at radius 3 is 2.67 bits per heavy atom. The van der Waals surface area contributed by atoms with Gasteiger partial charge in [0.15, 0.2) is 0 Å². The lowest BCUT2D eigenvalue weighted by Gasteiger charge is -2.23. The van der Waals surface area contributed by atoms with Gasteiger partial charge in [-0.25, -0.2) is 4.79 Å². The molecule has 0 aromatic rings. The zero-order valence-corrected chi connectivity index (χ0v) is 8.48. The number of hydrogen-bond acceptors (Lipinski definition) is 3. The highest BCUT2D eigenvalue weighted by Gasteiger charge is 2.24. The van der Waals surface area contributed by atoms with Crippen LogP contribution in [0.4, 0.5) is 4.79 Å². The van der Waals surface area contributed by atoms with E-state index in [4.69, 9.17) is 4.74 Å². The van der Waals surface area contributed by atoms with Gasteiger partial charge in [0.1, 0.15) is 5.60 Å². The van der Waals surface area contributed by atoms with Crippen LogP contribution in [0, 0.1) is 6.54 Å². The number of amides is 1. The molecule has 1 rings (SSSR count). The minimum absolute atomic E-state index is 0.243. The molecule has 1 amide bonds. The topological polar surface area (TPSA) is 29.5 Å². The van der Waals surface area contributed by atoms with E-state index in [1.54, 1.807) is 16.7 Å². The molecular weight excluding hydrogens is 174 g/mol. The van der Waals surface area contributed by atoms with Crippen molar-refractivity contribution in [2.45, 2.75) is 26.4 Å². The molecule has 0 N–H and O–H groups in total. The fraction of sp³-hybridized carbons (Fsp3) is 0.750. The van der Waals surface area contributed by atoms with Crippen molar-refractivity contribution in [1.82, 2.24) is 4.90 Å². The molecule has 1 fully saturated rings. The van der Waals surface area contributed by atoms with Gasteiger partial charge in [-0.2, -0.15) is 0 Å². The summed E-state index contributed by atoms with van der Waals surface area (Å²) in [6.07, 6.45) is -0.243. The molecule has 0 aromatic carbocycles. The lowest BCUT2D eigenvalue weighted by molar-refractivity contribution is 0.0345. The molecular formula is C8H14NO2S. The van der Waals surface area contributed by atoms with Gasteiger partial charge in [0.2, 0.25) is 0 Å². The molecule has 0 aliphatic carbocycles. The summed E-state index contributed by atoms with van der Waals surface area (Å²) in [5.74, 6) is 1.62. The minimum Gasteiger partial charge on any atom is -0.444 e. The van der Waals surface area contributed by atoms with Crippen LogP contribution in [0.3, 0.4) is 0 Å². The second-order valence-corrected chi connectivity index (χ2v) is 4.63. The summed E-state index contributed by atoms with van der Waals surface area (Å²) < 4.78 is 5.16. The molecule has 12 heavy (non-hydrogen) atoms. The van der Waals surface area contributed by atoms with Crippen molar-refractivity contribution in [1.29, 1.82) is 0 Å². The number of carbonyl (C=O) groups excluding carboxylic acids is 1.